The molecule has 2 aromatic rings. The topological polar surface area (TPSA) is 62.3 Å². The van der Waals surface area contributed by atoms with E-state index < -0.39 is 9.84 Å². The number of sulfone groups is 1. The van der Waals surface area contributed by atoms with Gasteiger partial charge in [-0.2, -0.15) is 0 Å². The van der Waals surface area contributed by atoms with Crippen LogP contribution in [-0.2, 0) is 9.84 Å². The van der Waals surface area contributed by atoms with Gasteiger partial charge in [0, 0.05) is 43.4 Å². The van der Waals surface area contributed by atoms with Crippen LogP contribution in [0.2, 0.25) is 0 Å². The van der Waals surface area contributed by atoms with Crippen LogP contribution in [0.3, 0.4) is 0 Å². The predicted molar refractivity (Wildman–Crippen MR) is 93.0 cm³/mol. The molecule has 1 aromatic carbocycles. The maximum absolute atomic E-state index is 11.5. The monoisotopic (exact) mass is 359 g/mol. The summed E-state index contributed by atoms with van der Waals surface area (Å²) in [6.45, 7) is 3.91. The number of thiazole rings is 1. The standard InChI is InChI=1S/C14H17N3O2S2.ClH/c1-21(18,19)12-4-2-11(3-5-12)13-10-20-14(16-13)17-8-6-15-7-9-17;/h2-5,10,15H,6-9H2,1H3;1H. The highest BCUT2D eigenvalue weighted by molar-refractivity contribution is 7.90. The van der Waals surface area contributed by atoms with Crippen LogP contribution in [0.5, 0.6) is 0 Å². The molecule has 1 fully saturated rings. The lowest BCUT2D eigenvalue weighted by molar-refractivity contribution is 0.588. The molecule has 22 heavy (non-hydrogen) atoms. The predicted octanol–water partition coefficient (Wildman–Crippen LogP) is 2.05. The van der Waals surface area contributed by atoms with Gasteiger partial charge < -0.3 is 10.2 Å². The van der Waals surface area contributed by atoms with Gasteiger partial charge in [0.15, 0.2) is 15.0 Å². The molecular formula is C14H18ClN3O2S2. The van der Waals surface area contributed by atoms with Crippen LogP contribution >= 0.6 is 23.7 Å². The first-order valence-corrected chi connectivity index (χ1v) is 9.53. The summed E-state index contributed by atoms with van der Waals surface area (Å²) < 4.78 is 22.9. The van der Waals surface area contributed by atoms with Crippen LogP contribution in [0.15, 0.2) is 34.5 Å². The molecule has 1 N–H and O–H groups in total. The first-order chi connectivity index (χ1) is 10.0. The Hall–Kier alpha value is -1.15. The van der Waals surface area contributed by atoms with Gasteiger partial charge in [-0.05, 0) is 12.1 Å². The van der Waals surface area contributed by atoms with Crippen molar-refractivity contribution >= 4 is 38.7 Å². The van der Waals surface area contributed by atoms with E-state index in [1.54, 1.807) is 23.5 Å². The number of nitrogens with one attached hydrogen (secondary N) is 1. The van der Waals surface area contributed by atoms with Crippen molar-refractivity contribution in [3.05, 3.63) is 29.6 Å². The molecule has 1 aliphatic rings. The van der Waals surface area contributed by atoms with Gasteiger partial charge in [-0.25, -0.2) is 13.4 Å². The van der Waals surface area contributed by atoms with Crippen molar-refractivity contribution in [2.45, 2.75) is 4.90 Å². The zero-order valence-corrected chi connectivity index (χ0v) is 14.6. The highest BCUT2D eigenvalue weighted by Gasteiger charge is 2.15. The molecular weight excluding hydrogens is 342 g/mol. The van der Waals surface area contributed by atoms with E-state index in [0.717, 1.165) is 42.6 Å². The number of anilines is 1. The first kappa shape index (κ1) is 17.2. The van der Waals surface area contributed by atoms with Crippen molar-refractivity contribution in [2.24, 2.45) is 0 Å². The Labute approximate surface area is 140 Å². The van der Waals surface area contributed by atoms with Crippen molar-refractivity contribution in [1.82, 2.24) is 10.3 Å². The number of aromatic nitrogens is 1. The molecule has 0 saturated carbocycles. The summed E-state index contributed by atoms with van der Waals surface area (Å²) in [4.78, 5) is 7.27. The molecule has 3 rings (SSSR count). The molecule has 0 amide bonds. The Morgan fingerprint density at radius 3 is 2.41 bits per heavy atom. The molecule has 0 bridgehead atoms. The maximum atomic E-state index is 11.5. The molecule has 0 unspecified atom stereocenters. The van der Waals surface area contributed by atoms with Gasteiger partial charge in [0.25, 0.3) is 0 Å². The third kappa shape index (κ3) is 3.78. The van der Waals surface area contributed by atoms with Gasteiger partial charge >= 0.3 is 0 Å². The number of hydrogen-bond acceptors (Lipinski definition) is 6. The van der Waals surface area contributed by atoms with Crippen LogP contribution in [0.1, 0.15) is 0 Å². The average Bonchev–Trinajstić information content (AvgIpc) is 2.97. The van der Waals surface area contributed by atoms with Crippen LogP contribution < -0.4 is 10.2 Å². The van der Waals surface area contributed by atoms with E-state index in [0.29, 0.717) is 4.90 Å². The molecule has 1 aliphatic heterocycles. The van der Waals surface area contributed by atoms with E-state index in [1.165, 1.54) is 6.26 Å². The van der Waals surface area contributed by atoms with E-state index in [4.69, 9.17) is 0 Å². The summed E-state index contributed by atoms with van der Waals surface area (Å²) in [5, 5.41) is 6.37. The minimum absolute atomic E-state index is 0. The third-order valence-corrected chi connectivity index (χ3v) is 5.49. The summed E-state index contributed by atoms with van der Waals surface area (Å²) in [6, 6.07) is 6.89. The fraction of sp³-hybridized carbons (Fsp3) is 0.357. The van der Waals surface area contributed by atoms with Gasteiger partial charge in [-0.1, -0.05) is 12.1 Å². The second-order valence-corrected chi connectivity index (χ2v) is 7.90. The molecule has 8 heteroatoms. The summed E-state index contributed by atoms with van der Waals surface area (Å²) in [5.74, 6) is 0. The molecule has 0 atom stereocenters. The summed E-state index contributed by atoms with van der Waals surface area (Å²) in [5.41, 5.74) is 1.84. The molecule has 0 aliphatic carbocycles. The Morgan fingerprint density at radius 1 is 1.18 bits per heavy atom. The molecule has 0 spiro atoms. The van der Waals surface area contributed by atoms with E-state index in [1.807, 2.05) is 17.5 Å². The molecule has 2 heterocycles. The second kappa shape index (κ2) is 6.95. The zero-order chi connectivity index (χ0) is 14.9. The van der Waals surface area contributed by atoms with E-state index in [9.17, 15) is 8.42 Å². The minimum atomic E-state index is -3.15. The largest absolute Gasteiger partial charge is 0.346 e. The van der Waals surface area contributed by atoms with Crippen LogP contribution in [0, 0.1) is 0 Å². The molecule has 1 aromatic heterocycles. The Bertz CT molecular complexity index is 723. The minimum Gasteiger partial charge on any atom is -0.346 e. The number of hydrogen-bond donors (Lipinski definition) is 1. The maximum Gasteiger partial charge on any atom is 0.185 e. The number of piperazine rings is 1. The molecule has 0 radical (unpaired) electrons. The molecule has 5 nitrogen and oxygen atoms in total. The highest BCUT2D eigenvalue weighted by Crippen LogP contribution is 2.28. The first-order valence-electron chi connectivity index (χ1n) is 6.76. The normalized spacial score (nSPS) is 15.4. The highest BCUT2D eigenvalue weighted by atomic mass is 35.5. The zero-order valence-electron chi connectivity index (χ0n) is 12.2. The van der Waals surface area contributed by atoms with E-state index >= 15 is 0 Å². The number of rotatable bonds is 3. The van der Waals surface area contributed by atoms with Crippen molar-refractivity contribution < 1.29 is 8.42 Å². The summed E-state index contributed by atoms with van der Waals surface area (Å²) in [7, 11) is -3.15. The number of benzene rings is 1. The lowest BCUT2D eigenvalue weighted by Gasteiger charge is -2.26. The average molecular weight is 360 g/mol. The third-order valence-electron chi connectivity index (χ3n) is 3.46. The van der Waals surface area contributed by atoms with Gasteiger partial charge in [0.1, 0.15) is 0 Å². The quantitative estimate of drug-likeness (QED) is 0.908. The van der Waals surface area contributed by atoms with Crippen LogP contribution in [0.25, 0.3) is 11.3 Å². The van der Waals surface area contributed by atoms with Gasteiger partial charge in [0.05, 0.1) is 10.6 Å². The van der Waals surface area contributed by atoms with Crippen molar-refractivity contribution in [1.29, 1.82) is 0 Å². The smallest absolute Gasteiger partial charge is 0.185 e. The van der Waals surface area contributed by atoms with E-state index in [2.05, 4.69) is 15.2 Å². The Morgan fingerprint density at radius 2 is 1.82 bits per heavy atom. The van der Waals surface area contributed by atoms with Crippen molar-refractivity contribution in [3.8, 4) is 11.3 Å². The lowest BCUT2D eigenvalue weighted by Crippen LogP contribution is -2.43. The summed E-state index contributed by atoms with van der Waals surface area (Å²) in [6.07, 6.45) is 1.22. The van der Waals surface area contributed by atoms with Gasteiger partial charge in [0.2, 0.25) is 0 Å². The fourth-order valence-corrected chi connectivity index (χ4v) is 3.79. The van der Waals surface area contributed by atoms with Crippen molar-refractivity contribution in [3.63, 3.8) is 0 Å². The Kier molecular flexibility index (Phi) is 5.44. The number of nitrogens with zero attached hydrogens (tertiary/aromatic N) is 2. The van der Waals surface area contributed by atoms with Crippen molar-refractivity contribution in [2.75, 3.05) is 37.3 Å². The SMILES string of the molecule is CS(=O)(=O)c1ccc(-c2csc(N3CCNCC3)n2)cc1.Cl. The number of halogens is 1. The Balaban J connectivity index is 0.00000176. The van der Waals surface area contributed by atoms with E-state index in [-0.39, 0.29) is 12.4 Å². The molecule has 120 valence electrons. The lowest BCUT2D eigenvalue weighted by atomic mass is 10.2. The second-order valence-electron chi connectivity index (χ2n) is 5.05. The molecule has 1 saturated heterocycles. The van der Waals surface area contributed by atoms with Crippen LogP contribution in [0.4, 0.5) is 5.13 Å². The van der Waals surface area contributed by atoms with Crippen LogP contribution in [-0.4, -0.2) is 45.8 Å². The van der Waals surface area contributed by atoms with Gasteiger partial charge in [-0.15, -0.1) is 23.7 Å². The fourth-order valence-electron chi connectivity index (χ4n) is 2.27. The van der Waals surface area contributed by atoms with Gasteiger partial charge in [-0.3, -0.25) is 0 Å². The summed E-state index contributed by atoms with van der Waals surface area (Å²) >= 11 is 1.63.